The number of hydrogen-bond acceptors (Lipinski definition) is 3. The van der Waals surface area contributed by atoms with Crippen molar-refractivity contribution in [1.82, 2.24) is 5.32 Å². The van der Waals surface area contributed by atoms with Crippen LogP contribution in [-0.4, -0.2) is 29.5 Å². The molecule has 0 aromatic heterocycles. The first kappa shape index (κ1) is 12.2. The predicted molar refractivity (Wildman–Crippen MR) is 60.7 cm³/mol. The van der Waals surface area contributed by atoms with Crippen molar-refractivity contribution in [3.63, 3.8) is 0 Å². The van der Waals surface area contributed by atoms with Crippen LogP contribution in [0.5, 0.6) is 0 Å². The van der Waals surface area contributed by atoms with Crippen LogP contribution in [0.4, 0.5) is 0 Å². The highest BCUT2D eigenvalue weighted by Gasteiger charge is 2.04. The highest BCUT2D eigenvalue weighted by atomic mass is 16.3. The molecule has 0 saturated heterocycles. The summed E-state index contributed by atoms with van der Waals surface area (Å²) in [6.07, 6.45) is -0.672. The van der Waals surface area contributed by atoms with Gasteiger partial charge < -0.3 is 15.5 Å². The number of aliphatic hydroxyl groups excluding tert-OH is 2. The zero-order valence-electron chi connectivity index (χ0n) is 9.33. The molecule has 1 atom stereocenters. The lowest BCUT2D eigenvalue weighted by molar-refractivity contribution is 0.0942. The second kappa shape index (κ2) is 5.85. The van der Waals surface area contributed by atoms with E-state index >= 15 is 0 Å². The summed E-state index contributed by atoms with van der Waals surface area (Å²) in [6, 6.07) is 6.19. The maximum atomic E-state index is 9.16. The van der Waals surface area contributed by atoms with Crippen LogP contribution in [0.2, 0.25) is 0 Å². The molecule has 1 unspecified atom stereocenters. The molecule has 0 fully saturated rings. The van der Waals surface area contributed by atoms with E-state index in [2.05, 4.69) is 31.3 Å². The van der Waals surface area contributed by atoms with E-state index in [1.807, 2.05) is 6.07 Å². The molecular formula is C12H19NO2. The zero-order chi connectivity index (χ0) is 11.3. The normalized spacial score (nSPS) is 12.8. The first-order valence-electron chi connectivity index (χ1n) is 5.20. The highest BCUT2D eigenvalue weighted by molar-refractivity contribution is 5.33. The van der Waals surface area contributed by atoms with Gasteiger partial charge in [0.15, 0.2) is 0 Å². The lowest BCUT2D eigenvalue weighted by Gasteiger charge is -2.12. The molecule has 3 heteroatoms. The fourth-order valence-corrected chi connectivity index (χ4v) is 1.56. The minimum atomic E-state index is -0.672. The summed E-state index contributed by atoms with van der Waals surface area (Å²) < 4.78 is 0. The van der Waals surface area contributed by atoms with E-state index in [0.29, 0.717) is 6.54 Å². The van der Waals surface area contributed by atoms with Crippen molar-refractivity contribution >= 4 is 0 Å². The Kier molecular flexibility index (Phi) is 4.75. The third kappa shape index (κ3) is 3.63. The lowest BCUT2D eigenvalue weighted by Crippen LogP contribution is -2.29. The van der Waals surface area contributed by atoms with Gasteiger partial charge in [0.2, 0.25) is 0 Å². The van der Waals surface area contributed by atoms with Crippen molar-refractivity contribution in [2.45, 2.75) is 26.5 Å². The van der Waals surface area contributed by atoms with Crippen LogP contribution in [0.15, 0.2) is 18.2 Å². The molecule has 0 heterocycles. The van der Waals surface area contributed by atoms with E-state index in [1.54, 1.807) is 0 Å². The third-order valence-corrected chi connectivity index (χ3v) is 2.54. The number of rotatable bonds is 5. The van der Waals surface area contributed by atoms with E-state index in [4.69, 9.17) is 10.2 Å². The van der Waals surface area contributed by atoms with E-state index in [-0.39, 0.29) is 6.61 Å². The average Bonchev–Trinajstić information content (AvgIpc) is 2.22. The first-order valence-corrected chi connectivity index (χ1v) is 5.20. The molecule has 1 rings (SSSR count). The SMILES string of the molecule is Cc1cccc(C)c1CNCC(O)CO. The van der Waals surface area contributed by atoms with Crippen molar-refractivity contribution in [2.75, 3.05) is 13.2 Å². The van der Waals surface area contributed by atoms with Gasteiger partial charge in [-0.2, -0.15) is 0 Å². The van der Waals surface area contributed by atoms with Gasteiger partial charge in [-0.1, -0.05) is 18.2 Å². The molecule has 0 aliphatic carbocycles. The quantitative estimate of drug-likeness (QED) is 0.670. The van der Waals surface area contributed by atoms with Crippen molar-refractivity contribution in [3.8, 4) is 0 Å². The Morgan fingerprint density at radius 1 is 1.27 bits per heavy atom. The summed E-state index contributed by atoms with van der Waals surface area (Å²) in [4.78, 5) is 0. The standard InChI is InChI=1S/C12H19NO2/c1-9-4-3-5-10(2)12(9)7-13-6-11(15)8-14/h3-5,11,13-15H,6-8H2,1-2H3. The van der Waals surface area contributed by atoms with Crippen molar-refractivity contribution in [1.29, 1.82) is 0 Å². The van der Waals surface area contributed by atoms with Gasteiger partial charge in [0.1, 0.15) is 0 Å². The van der Waals surface area contributed by atoms with Gasteiger partial charge in [0.05, 0.1) is 12.7 Å². The summed E-state index contributed by atoms with van der Waals surface area (Å²) in [5.74, 6) is 0. The molecule has 0 saturated carbocycles. The van der Waals surface area contributed by atoms with Crippen LogP contribution < -0.4 is 5.32 Å². The number of benzene rings is 1. The monoisotopic (exact) mass is 209 g/mol. The topological polar surface area (TPSA) is 52.5 Å². The molecule has 0 aliphatic heterocycles. The maximum absolute atomic E-state index is 9.16. The Labute approximate surface area is 90.8 Å². The van der Waals surface area contributed by atoms with Crippen molar-refractivity contribution in [3.05, 3.63) is 34.9 Å². The molecule has 0 radical (unpaired) electrons. The molecule has 1 aromatic carbocycles. The van der Waals surface area contributed by atoms with Crippen LogP contribution in [0, 0.1) is 13.8 Å². The Morgan fingerprint density at radius 2 is 1.87 bits per heavy atom. The molecule has 3 nitrogen and oxygen atoms in total. The highest BCUT2D eigenvalue weighted by Crippen LogP contribution is 2.12. The van der Waals surface area contributed by atoms with Gasteiger partial charge in [-0.3, -0.25) is 0 Å². The first-order chi connectivity index (χ1) is 7.15. The Bertz CT molecular complexity index is 292. The predicted octanol–water partition coefficient (Wildman–Crippen LogP) is 0.746. The number of aliphatic hydroxyl groups is 2. The van der Waals surface area contributed by atoms with E-state index in [9.17, 15) is 0 Å². The minimum Gasteiger partial charge on any atom is -0.394 e. The molecule has 3 N–H and O–H groups in total. The summed E-state index contributed by atoms with van der Waals surface area (Å²) in [7, 11) is 0. The van der Waals surface area contributed by atoms with Crippen LogP contribution >= 0.6 is 0 Å². The fourth-order valence-electron chi connectivity index (χ4n) is 1.56. The van der Waals surface area contributed by atoms with E-state index in [0.717, 1.165) is 6.54 Å². The minimum absolute atomic E-state index is 0.195. The fraction of sp³-hybridized carbons (Fsp3) is 0.500. The van der Waals surface area contributed by atoms with Crippen LogP contribution in [0.1, 0.15) is 16.7 Å². The Balaban J connectivity index is 2.50. The maximum Gasteiger partial charge on any atom is 0.0895 e. The van der Waals surface area contributed by atoms with Gasteiger partial charge in [-0.25, -0.2) is 0 Å². The number of nitrogens with one attached hydrogen (secondary N) is 1. The van der Waals surface area contributed by atoms with Crippen molar-refractivity contribution in [2.24, 2.45) is 0 Å². The zero-order valence-corrected chi connectivity index (χ0v) is 9.33. The van der Waals surface area contributed by atoms with Gasteiger partial charge in [-0.05, 0) is 30.5 Å². The van der Waals surface area contributed by atoms with E-state index < -0.39 is 6.10 Å². The molecule has 84 valence electrons. The lowest BCUT2D eigenvalue weighted by atomic mass is 10.0. The molecule has 15 heavy (non-hydrogen) atoms. The number of aryl methyl sites for hydroxylation is 2. The molecule has 0 amide bonds. The van der Waals surface area contributed by atoms with Gasteiger partial charge >= 0.3 is 0 Å². The second-order valence-corrected chi connectivity index (χ2v) is 3.84. The molecule has 0 bridgehead atoms. The van der Waals surface area contributed by atoms with Gasteiger partial charge in [0.25, 0.3) is 0 Å². The molecule has 0 aliphatic rings. The summed E-state index contributed by atoms with van der Waals surface area (Å²) in [5, 5.41) is 20.9. The smallest absolute Gasteiger partial charge is 0.0895 e. The largest absolute Gasteiger partial charge is 0.394 e. The average molecular weight is 209 g/mol. The summed E-state index contributed by atoms with van der Waals surface area (Å²) in [5.41, 5.74) is 3.77. The summed E-state index contributed by atoms with van der Waals surface area (Å²) >= 11 is 0. The number of hydrogen-bond donors (Lipinski definition) is 3. The molecule has 1 aromatic rings. The van der Waals surface area contributed by atoms with Crippen LogP contribution in [0.3, 0.4) is 0 Å². The third-order valence-electron chi connectivity index (χ3n) is 2.54. The second-order valence-electron chi connectivity index (χ2n) is 3.84. The Morgan fingerprint density at radius 3 is 2.40 bits per heavy atom. The Hall–Kier alpha value is -0.900. The molecular weight excluding hydrogens is 190 g/mol. The van der Waals surface area contributed by atoms with E-state index in [1.165, 1.54) is 16.7 Å². The van der Waals surface area contributed by atoms with Crippen LogP contribution in [0.25, 0.3) is 0 Å². The van der Waals surface area contributed by atoms with Gasteiger partial charge in [-0.15, -0.1) is 0 Å². The molecule has 0 spiro atoms. The van der Waals surface area contributed by atoms with Crippen molar-refractivity contribution < 1.29 is 10.2 Å². The van der Waals surface area contributed by atoms with Gasteiger partial charge in [0, 0.05) is 13.1 Å². The van der Waals surface area contributed by atoms with Crippen LogP contribution in [-0.2, 0) is 6.54 Å². The summed E-state index contributed by atoms with van der Waals surface area (Å²) in [6.45, 7) is 5.11.